The molecule has 0 saturated heterocycles. The van der Waals surface area contributed by atoms with Gasteiger partial charge < -0.3 is 15.0 Å². The first kappa shape index (κ1) is 27.7. The van der Waals surface area contributed by atoms with E-state index in [4.69, 9.17) is 16.3 Å². The fourth-order valence-electron chi connectivity index (χ4n) is 5.06. The second kappa shape index (κ2) is 13.5. The van der Waals surface area contributed by atoms with Crippen molar-refractivity contribution in [3.05, 3.63) is 101 Å². The van der Waals surface area contributed by atoms with Crippen LogP contribution in [0.25, 0.3) is 0 Å². The minimum absolute atomic E-state index is 0.126. The lowest BCUT2D eigenvalue weighted by Gasteiger charge is -2.32. The molecule has 1 N–H and O–H groups in total. The Morgan fingerprint density at radius 3 is 2.34 bits per heavy atom. The largest absolute Gasteiger partial charge is 0.483 e. The van der Waals surface area contributed by atoms with Crippen molar-refractivity contribution in [1.82, 2.24) is 10.2 Å². The summed E-state index contributed by atoms with van der Waals surface area (Å²) in [5, 5.41) is 3.82. The third kappa shape index (κ3) is 7.61. The van der Waals surface area contributed by atoms with E-state index in [1.54, 1.807) is 11.0 Å². The average Bonchev–Trinajstić information content (AvgIpc) is 3.43. The van der Waals surface area contributed by atoms with E-state index in [1.165, 1.54) is 0 Å². The van der Waals surface area contributed by atoms with E-state index < -0.39 is 6.04 Å². The van der Waals surface area contributed by atoms with Gasteiger partial charge >= 0.3 is 0 Å². The van der Waals surface area contributed by atoms with E-state index in [0.717, 1.165) is 42.4 Å². The van der Waals surface area contributed by atoms with Gasteiger partial charge in [0.25, 0.3) is 5.91 Å². The summed E-state index contributed by atoms with van der Waals surface area (Å²) < 4.78 is 6.07. The number of amides is 2. The fourth-order valence-corrected chi connectivity index (χ4v) is 5.28. The van der Waals surface area contributed by atoms with Crippen LogP contribution in [-0.2, 0) is 22.6 Å². The maximum atomic E-state index is 13.8. The van der Waals surface area contributed by atoms with Crippen molar-refractivity contribution in [1.29, 1.82) is 0 Å². The van der Waals surface area contributed by atoms with Gasteiger partial charge in [0.1, 0.15) is 11.8 Å². The lowest BCUT2D eigenvalue weighted by molar-refractivity contribution is -0.143. The van der Waals surface area contributed by atoms with Crippen LogP contribution in [0, 0.1) is 0 Å². The van der Waals surface area contributed by atoms with Gasteiger partial charge in [-0.15, -0.1) is 0 Å². The summed E-state index contributed by atoms with van der Waals surface area (Å²) in [6.45, 7) is 4.29. The van der Waals surface area contributed by atoms with Gasteiger partial charge in [-0.3, -0.25) is 9.59 Å². The maximum Gasteiger partial charge on any atom is 0.261 e. The van der Waals surface area contributed by atoms with Crippen molar-refractivity contribution >= 4 is 23.4 Å². The highest BCUT2D eigenvalue weighted by molar-refractivity contribution is 6.30. The van der Waals surface area contributed by atoms with Crippen LogP contribution >= 0.6 is 11.6 Å². The smallest absolute Gasteiger partial charge is 0.261 e. The summed E-state index contributed by atoms with van der Waals surface area (Å²) in [4.78, 5) is 29.3. The molecule has 1 aliphatic rings. The molecule has 200 valence electrons. The molecule has 38 heavy (non-hydrogen) atoms. The highest BCUT2D eigenvalue weighted by atomic mass is 35.5. The molecule has 6 heteroatoms. The molecule has 0 radical (unpaired) electrons. The van der Waals surface area contributed by atoms with Crippen LogP contribution in [0.5, 0.6) is 5.75 Å². The number of halogens is 1. The van der Waals surface area contributed by atoms with E-state index in [9.17, 15) is 9.59 Å². The monoisotopic (exact) mass is 532 g/mol. The number of benzene rings is 3. The third-order valence-corrected chi connectivity index (χ3v) is 7.34. The second-order valence-electron chi connectivity index (χ2n) is 10.3. The maximum absolute atomic E-state index is 13.8. The molecule has 1 atom stereocenters. The minimum atomic E-state index is -0.687. The number of hydrogen-bond donors (Lipinski definition) is 1. The zero-order valence-corrected chi connectivity index (χ0v) is 23.0. The van der Waals surface area contributed by atoms with Gasteiger partial charge in [-0.1, -0.05) is 99.0 Å². The molecule has 1 saturated carbocycles. The number of carbonyl (C=O) groups is 2. The first-order valence-corrected chi connectivity index (χ1v) is 13.9. The predicted molar refractivity (Wildman–Crippen MR) is 152 cm³/mol. The van der Waals surface area contributed by atoms with Crippen molar-refractivity contribution in [2.45, 2.75) is 70.5 Å². The van der Waals surface area contributed by atoms with Crippen LogP contribution < -0.4 is 10.1 Å². The molecule has 3 aromatic carbocycles. The standard InChI is InChI=1S/C32H37ClN2O3/c1-23(2)28-17-8-9-18-30(28)38-22-31(36)35(21-25-13-10-14-26(33)19-25)29(20-24-11-4-3-5-12-24)32(37)34-27-15-6-7-16-27/h3-5,8-14,17-19,23,27,29H,6-7,15-16,20-22H2,1-2H3,(H,34,37). The van der Waals surface area contributed by atoms with Crippen LogP contribution in [0.4, 0.5) is 0 Å². The van der Waals surface area contributed by atoms with Gasteiger partial charge in [-0.2, -0.15) is 0 Å². The van der Waals surface area contributed by atoms with Crippen LogP contribution in [0.15, 0.2) is 78.9 Å². The summed E-state index contributed by atoms with van der Waals surface area (Å²) in [7, 11) is 0. The number of rotatable bonds is 11. The number of ether oxygens (including phenoxy) is 1. The van der Waals surface area contributed by atoms with E-state index in [2.05, 4.69) is 19.2 Å². The lowest BCUT2D eigenvalue weighted by atomic mass is 10.0. The molecule has 0 aliphatic heterocycles. The molecule has 4 rings (SSSR count). The van der Waals surface area contributed by atoms with Crippen LogP contribution in [0.1, 0.15) is 62.1 Å². The normalized spacial score (nSPS) is 14.3. The first-order chi connectivity index (χ1) is 18.4. The zero-order chi connectivity index (χ0) is 26.9. The second-order valence-corrected chi connectivity index (χ2v) is 10.8. The van der Waals surface area contributed by atoms with E-state index in [1.807, 2.05) is 72.8 Å². The number of para-hydroxylation sites is 1. The molecule has 0 bridgehead atoms. The third-order valence-electron chi connectivity index (χ3n) is 7.11. The first-order valence-electron chi connectivity index (χ1n) is 13.5. The van der Waals surface area contributed by atoms with E-state index in [0.29, 0.717) is 17.2 Å². The molecule has 1 aliphatic carbocycles. The highest BCUT2D eigenvalue weighted by Crippen LogP contribution is 2.26. The Balaban J connectivity index is 1.63. The zero-order valence-electron chi connectivity index (χ0n) is 22.2. The van der Waals surface area contributed by atoms with Gasteiger partial charge in [-0.05, 0) is 53.6 Å². The fraction of sp³-hybridized carbons (Fsp3) is 0.375. The number of carbonyl (C=O) groups excluding carboxylic acids is 2. The Hall–Kier alpha value is -3.31. The summed E-state index contributed by atoms with van der Waals surface area (Å²) in [6.07, 6.45) is 4.58. The summed E-state index contributed by atoms with van der Waals surface area (Å²) >= 11 is 6.27. The highest BCUT2D eigenvalue weighted by Gasteiger charge is 2.32. The average molecular weight is 533 g/mol. The molecular formula is C32H37ClN2O3. The molecule has 5 nitrogen and oxygen atoms in total. The molecule has 2 amide bonds. The molecule has 3 aromatic rings. The Morgan fingerprint density at radius 2 is 1.63 bits per heavy atom. The minimum Gasteiger partial charge on any atom is -0.483 e. The number of nitrogens with zero attached hydrogens (tertiary/aromatic N) is 1. The van der Waals surface area contributed by atoms with Gasteiger partial charge in [0.15, 0.2) is 6.61 Å². The molecule has 1 unspecified atom stereocenters. The van der Waals surface area contributed by atoms with E-state index in [-0.39, 0.29) is 36.9 Å². The Bertz CT molecular complexity index is 1210. The van der Waals surface area contributed by atoms with Crippen molar-refractivity contribution in [3.63, 3.8) is 0 Å². The SMILES string of the molecule is CC(C)c1ccccc1OCC(=O)N(Cc1cccc(Cl)c1)C(Cc1ccccc1)C(=O)NC1CCCC1. The van der Waals surface area contributed by atoms with E-state index >= 15 is 0 Å². The van der Waals surface area contributed by atoms with Crippen LogP contribution in [-0.4, -0.2) is 35.4 Å². The Labute approximate surface area is 231 Å². The molecule has 1 fully saturated rings. The van der Waals surface area contributed by atoms with Crippen molar-refractivity contribution in [3.8, 4) is 5.75 Å². The van der Waals surface area contributed by atoms with Crippen LogP contribution in [0.2, 0.25) is 5.02 Å². The molecule has 0 heterocycles. The quantitative estimate of drug-likeness (QED) is 0.305. The lowest BCUT2D eigenvalue weighted by Crippen LogP contribution is -2.53. The summed E-state index contributed by atoms with van der Waals surface area (Å²) in [5.74, 6) is 0.574. The van der Waals surface area contributed by atoms with Gasteiger partial charge in [0.05, 0.1) is 0 Å². The van der Waals surface area contributed by atoms with Crippen LogP contribution in [0.3, 0.4) is 0 Å². The Morgan fingerprint density at radius 1 is 0.947 bits per heavy atom. The summed E-state index contributed by atoms with van der Waals surface area (Å²) in [6, 6.07) is 24.5. The Kier molecular flexibility index (Phi) is 9.83. The van der Waals surface area contributed by atoms with Gasteiger partial charge in [0, 0.05) is 24.0 Å². The van der Waals surface area contributed by atoms with Gasteiger partial charge in [-0.25, -0.2) is 0 Å². The number of nitrogens with one attached hydrogen (secondary N) is 1. The predicted octanol–water partition coefficient (Wildman–Crippen LogP) is 6.54. The number of hydrogen-bond acceptors (Lipinski definition) is 3. The van der Waals surface area contributed by atoms with Crippen molar-refractivity contribution in [2.75, 3.05) is 6.61 Å². The molecule has 0 spiro atoms. The molecular weight excluding hydrogens is 496 g/mol. The van der Waals surface area contributed by atoms with Crippen molar-refractivity contribution in [2.24, 2.45) is 0 Å². The topological polar surface area (TPSA) is 58.6 Å². The van der Waals surface area contributed by atoms with Crippen molar-refractivity contribution < 1.29 is 14.3 Å². The molecule has 0 aromatic heterocycles. The van der Waals surface area contributed by atoms with Gasteiger partial charge in [0.2, 0.25) is 5.91 Å². The summed E-state index contributed by atoms with van der Waals surface area (Å²) in [5.41, 5.74) is 2.90.